The Morgan fingerprint density at radius 2 is 1.16 bits per heavy atom. The van der Waals surface area contributed by atoms with Gasteiger partial charge in [0, 0.05) is 23.3 Å². The highest BCUT2D eigenvalue weighted by Gasteiger charge is 2.56. The highest BCUT2D eigenvalue weighted by atomic mass is 32.2. The molecule has 0 amide bonds. The van der Waals surface area contributed by atoms with Crippen LogP contribution < -0.4 is 5.32 Å². The van der Waals surface area contributed by atoms with Crippen LogP contribution in [-0.2, 0) is 13.8 Å². The summed E-state index contributed by atoms with van der Waals surface area (Å²) in [5.41, 5.74) is 0. The Hall–Kier alpha value is -0.350. The summed E-state index contributed by atoms with van der Waals surface area (Å²) in [6.07, 6.45) is 26.8. The molecule has 316 valence electrons. The van der Waals surface area contributed by atoms with Crippen LogP contribution in [0.15, 0.2) is 0 Å². The molecular formula is C47H73F3N2O3S. The first-order chi connectivity index (χ1) is 27.3. The molecule has 0 radical (unpaired) electrons. The van der Waals surface area contributed by atoms with E-state index in [1.807, 2.05) is 12.0 Å². The minimum atomic E-state index is -4.69. The van der Waals surface area contributed by atoms with E-state index in [0.29, 0.717) is 60.1 Å². The van der Waals surface area contributed by atoms with E-state index < -0.39 is 17.9 Å². The molecule has 0 aromatic heterocycles. The van der Waals surface area contributed by atoms with Crippen molar-refractivity contribution in [3.8, 4) is 0 Å². The van der Waals surface area contributed by atoms with Crippen LogP contribution in [0.3, 0.4) is 0 Å². The summed E-state index contributed by atoms with van der Waals surface area (Å²) in [7, 11) is 0. The largest absolute Gasteiger partial charge is 0.450 e. The maximum Gasteiger partial charge on any atom is 0.450 e. The molecule has 0 bridgehead atoms. The molecule has 5 nitrogen and oxygen atoms in total. The van der Waals surface area contributed by atoms with Gasteiger partial charge in [-0.15, -0.1) is 0 Å². The summed E-state index contributed by atoms with van der Waals surface area (Å²) in [6.45, 7) is 2.58. The summed E-state index contributed by atoms with van der Waals surface area (Å²) < 4.78 is 45.9. The van der Waals surface area contributed by atoms with E-state index in [9.17, 15) is 18.0 Å². The van der Waals surface area contributed by atoms with Crippen LogP contribution in [0.1, 0.15) is 161 Å². The average Bonchev–Trinajstić information content (AvgIpc) is 3.24. The molecule has 3 saturated heterocycles. The first-order valence-corrected chi connectivity index (χ1v) is 25.2. The summed E-state index contributed by atoms with van der Waals surface area (Å²) in [4.78, 5) is 19.1. The van der Waals surface area contributed by atoms with Gasteiger partial charge in [0.1, 0.15) is 0 Å². The van der Waals surface area contributed by atoms with Gasteiger partial charge in [0.2, 0.25) is 5.78 Å². The van der Waals surface area contributed by atoms with E-state index in [1.54, 1.807) is 0 Å². The molecule has 7 aliphatic carbocycles. The number of rotatable bonds is 5. The number of hydroxylamine groups is 2. The lowest BCUT2D eigenvalue weighted by molar-refractivity contribution is -0.321. The molecule has 9 heteroatoms. The zero-order chi connectivity index (χ0) is 38.0. The van der Waals surface area contributed by atoms with Crippen molar-refractivity contribution in [3.05, 3.63) is 0 Å². The first kappa shape index (κ1) is 39.8. The van der Waals surface area contributed by atoms with Gasteiger partial charge in [0.05, 0.1) is 12.2 Å². The zero-order valence-corrected chi connectivity index (χ0v) is 35.0. The average molecular weight is 803 g/mol. The molecule has 12 atom stereocenters. The summed E-state index contributed by atoms with van der Waals surface area (Å²) in [6, 6.07) is 1.01. The highest BCUT2D eigenvalue weighted by molar-refractivity contribution is 7.95. The lowest BCUT2D eigenvalue weighted by atomic mass is 9.58. The second-order valence-corrected chi connectivity index (χ2v) is 22.6. The minimum absolute atomic E-state index is 0.315. The maximum absolute atomic E-state index is 13.1. The van der Waals surface area contributed by atoms with Crippen molar-refractivity contribution in [2.24, 2.45) is 76.9 Å². The minimum Gasteiger partial charge on any atom is -0.316 e. The molecule has 7 saturated carbocycles. The van der Waals surface area contributed by atoms with Crippen molar-refractivity contribution >= 4 is 17.8 Å². The van der Waals surface area contributed by atoms with E-state index in [1.165, 1.54) is 116 Å². The number of piperidine rings is 1. The summed E-state index contributed by atoms with van der Waals surface area (Å²) in [5.74, 6) is 7.43. The zero-order valence-electron chi connectivity index (χ0n) is 34.2. The normalized spacial score (nSPS) is 50.3. The van der Waals surface area contributed by atoms with Crippen molar-refractivity contribution in [2.45, 2.75) is 196 Å². The van der Waals surface area contributed by atoms with E-state index in [-0.39, 0.29) is 0 Å². The Balaban J connectivity index is 0.743. The van der Waals surface area contributed by atoms with E-state index in [4.69, 9.17) is 9.02 Å². The fraction of sp³-hybridized carbons (Fsp3) is 0.979. The number of fused-ring (bicyclic) bond motifs is 7. The summed E-state index contributed by atoms with van der Waals surface area (Å²) >= 11 is 1.85. The topological polar surface area (TPSA) is 50.8 Å². The lowest BCUT2D eigenvalue weighted by Crippen LogP contribution is -2.62. The van der Waals surface area contributed by atoms with Crippen LogP contribution in [0.5, 0.6) is 0 Å². The van der Waals surface area contributed by atoms with Crippen molar-refractivity contribution in [1.82, 2.24) is 10.4 Å². The number of ketones is 1. The SMILES string of the molecule is O=C(C1CCC(C2CCC(N3OC4CC5SOC6CCC(C7CCC(C8CNCC9CCCCC98)CC7)CC6C5CC4C4CCCCC43)CC2)CC1)C(F)(F)F. The van der Waals surface area contributed by atoms with Gasteiger partial charge in [-0.05, 0) is 231 Å². The monoisotopic (exact) mass is 803 g/mol. The fourth-order valence-corrected chi connectivity index (χ4v) is 17.6. The molecule has 3 aliphatic heterocycles. The number of nitrogens with zero attached hydrogens (tertiary/aromatic N) is 1. The molecule has 0 spiro atoms. The number of nitrogens with one attached hydrogen (secondary N) is 1. The number of hydrogen-bond donors (Lipinski definition) is 1. The van der Waals surface area contributed by atoms with Gasteiger partial charge in [-0.1, -0.05) is 25.7 Å². The van der Waals surface area contributed by atoms with Gasteiger partial charge in [-0.25, -0.2) is 0 Å². The standard InChI is InChI=1S/C47H73F3N2O3S/c48-47(49,50)46(53)32-15-11-28(12-16-32)29-17-20-35(21-18-29)52-42-8-4-3-7-37(42)39-24-40-38-23-33(19-22-43(38)55-56-45(40)25-44(39)54-52)30-9-13-31(14-10-30)41-27-51-26-34-5-1-2-6-36(34)41/h28-45,51H,1-27H2. The van der Waals surface area contributed by atoms with Gasteiger partial charge >= 0.3 is 6.18 Å². The molecule has 0 aromatic carbocycles. The van der Waals surface area contributed by atoms with Crippen molar-refractivity contribution in [1.29, 1.82) is 0 Å². The molecule has 10 aliphatic rings. The quantitative estimate of drug-likeness (QED) is 0.280. The Kier molecular flexibility index (Phi) is 12.0. The smallest absolute Gasteiger partial charge is 0.316 e. The number of carbonyl (C=O) groups is 1. The lowest BCUT2D eigenvalue weighted by Gasteiger charge is -2.59. The molecule has 0 aromatic rings. The summed E-state index contributed by atoms with van der Waals surface area (Å²) in [5, 5.41) is 7.00. The Labute approximate surface area is 340 Å². The molecule has 12 unspecified atom stereocenters. The van der Waals surface area contributed by atoms with Crippen molar-refractivity contribution in [2.75, 3.05) is 13.1 Å². The molecule has 3 heterocycles. The van der Waals surface area contributed by atoms with E-state index >= 15 is 0 Å². The van der Waals surface area contributed by atoms with Crippen LogP contribution in [0.2, 0.25) is 0 Å². The molecule has 10 fully saturated rings. The number of halogens is 3. The third-order valence-corrected chi connectivity index (χ3v) is 20.3. The molecule has 1 N–H and O–H groups in total. The molecule has 56 heavy (non-hydrogen) atoms. The predicted octanol–water partition coefficient (Wildman–Crippen LogP) is 11.3. The number of hydrogen-bond acceptors (Lipinski definition) is 6. The Morgan fingerprint density at radius 1 is 0.536 bits per heavy atom. The maximum atomic E-state index is 13.1. The first-order valence-electron chi connectivity index (χ1n) is 24.4. The second-order valence-electron chi connectivity index (χ2n) is 21.6. The van der Waals surface area contributed by atoms with E-state index in [0.717, 1.165) is 98.2 Å². The third kappa shape index (κ3) is 7.85. The molecule has 10 rings (SSSR count). The number of Topliss-reactive ketones (excluding diaryl/α,β-unsaturated/α-hetero) is 1. The van der Waals surface area contributed by atoms with Crippen LogP contribution in [0, 0.1) is 76.9 Å². The van der Waals surface area contributed by atoms with Gasteiger partial charge in [0.25, 0.3) is 0 Å². The Bertz CT molecular complexity index is 1340. The van der Waals surface area contributed by atoms with Gasteiger partial charge < -0.3 is 9.50 Å². The Morgan fingerprint density at radius 3 is 1.93 bits per heavy atom. The highest BCUT2D eigenvalue weighted by Crippen LogP contribution is 2.58. The number of carbonyl (C=O) groups excluding carboxylic acids is 1. The fourth-order valence-electron chi connectivity index (χ4n) is 16.3. The van der Waals surface area contributed by atoms with Crippen molar-refractivity contribution in [3.63, 3.8) is 0 Å². The number of alkyl halides is 3. The molecular weight excluding hydrogens is 730 g/mol. The van der Waals surface area contributed by atoms with E-state index in [2.05, 4.69) is 10.4 Å². The predicted molar refractivity (Wildman–Crippen MR) is 215 cm³/mol. The van der Waals surface area contributed by atoms with Gasteiger partial charge in [0.15, 0.2) is 0 Å². The van der Waals surface area contributed by atoms with Crippen LogP contribution in [-0.4, -0.2) is 59.7 Å². The van der Waals surface area contributed by atoms with Crippen molar-refractivity contribution < 1.29 is 27.0 Å². The van der Waals surface area contributed by atoms with Crippen LogP contribution >= 0.6 is 12.0 Å². The third-order valence-electron chi connectivity index (χ3n) is 19.2. The van der Waals surface area contributed by atoms with Crippen LogP contribution in [0.25, 0.3) is 0 Å². The van der Waals surface area contributed by atoms with Gasteiger partial charge in [-0.3, -0.25) is 9.63 Å². The second kappa shape index (κ2) is 16.8. The van der Waals surface area contributed by atoms with Crippen LogP contribution in [0.4, 0.5) is 13.2 Å². The van der Waals surface area contributed by atoms with Gasteiger partial charge in [-0.2, -0.15) is 18.2 Å².